The predicted octanol–water partition coefficient (Wildman–Crippen LogP) is 21.6. The zero-order valence-corrected chi connectivity index (χ0v) is 62.3. The molecule has 0 radical (unpaired) electrons. The van der Waals surface area contributed by atoms with Crippen molar-refractivity contribution < 1.29 is 80.2 Å². The van der Waals surface area contributed by atoms with Gasteiger partial charge in [-0.3, -0.25) is 37.3 Å². The highest BCUT2D eigenvalue weighted by atomic mass is 31.2. The number of carbonyl (C=O) groups is 4. The Kier molecular flexibility index (Phi) is 64.6. The van der Waals surface area contributed by atoms with Gasteiger partial charge in [0.15, 0.2) is 12.2 Å². The van der Waals surface area contributed by atoms with Crippen LogP contribution in [0.3, 0.4) is 0 Å². The fourth-order valence-electron chi connectivity index (χ4n) is 11.3. The van der Waals surface area contributed by atoms with E-state index in [-0.39, 0.29) is 25.7 Å². The topological polar surface area (TPSA) is 237 Å². The van der Waals surface area contributed by atoms with Crippen molar-refractivity contribution in [2.24, 2.45) is 11.8 Å². The summed E-state index contributed by atoms with van der Waals surface area (Å²) < 4.78 is 68.4. The van der Waals surface area contributed by atoms with Gasteiger partial charge in [0, 0.05) is 25.7 Å². The molecular formula is C74H144O17P2. The molecule has 3 N–H and O–H groups in total. The van der Waals surface area contributed by atoms with E-state index in [4.69, 9.17) is 37.0 Å². The molecule has 5 atom stereocenters. The first-order valence-corrected chi connectivity index (χ1v) is 41.5. The van der Waals surface area contributed by atoms with Crippen LogP contribution in [0.25, 0.3) is 0 Å². The standard InChI is InChI=1S/C74H144O17P2/c1-7-9-11-13-15-17-19-23-28-32-39-45-51-57-72(77)85-62-69(90-73(78)58-52-46-40-33-29-25-22-20-21-24-27-30-36-42-48-54-66(3)4)64-88-92(80,81)86-60-68(75)61-87-93(82,83)89-65-70(91-74(79)59-53-47-41-35-34-37-43-49-55-67(5)6)63-84-71(76)56-50-44-38-31-26-18-16-14-12-10-8-2/h66-70,75H,7-65H2,1-6H3,(H,80,81)(H,82,83)/t68-,69-,70-/m1/s1. The Morgan fingerprint density at radius 1 is 0.290 bits per heavy atom. The lowest BCUT2D eigenvalue weighted by molar-refractivity contribution is -0.161. The Morgan fingerprint density at radius 3 is 0.731 bits per heavy atom. The van der Waals surface area contributed by atoms with Crippen molar-refractivity contribution in [3.63, 3.8) is 0 Å². The number of hydrogen-bond donors (Lipinski definition) is 3. The van der Waals surface area contributed by atoms with Gasteiger partial charge in [0.05, 0.1) is 26.4 Å². The molecule has 0 aromatic rings. The van der Waals surface area contributed by atoms with Crippen molar-refractivity contribution in [1.29, 1.82) is 0 Å². The maximum atomic E-state index is 13.1. The molecular weight excluding hydrogens is 1220 g/mol. The fourth-order valence-corrected chi connectivity index (χ4v) is 12.9. The molecule has 2 unspecified atom stereocenters. The zero-order chi connectivity index (χ0) is 68.6. The van der Waals surface area contributed by atoms with Crippen molar-refractivity contribution in [2.45, 2.75) is 400 Å². The van der Waals surface area contributed by atoms with Crippen molar-refractivity contribution in [3.05, 3.63) is 0 Å². The predicted molar refractivity (Wildman–Crippen MR) is 377 cm³/mol. The van der Waals surface area contributed by atoms with Crippen LogP contribution in [-0.4, -0.2) is 96.7 Å². The van der Waals surface area contributed by atoms with E-state index in [1.807, 2.05) is 0 Å². The number of ether oxygens (including phenoxy) is 4. The van der Waals surface area contributed by atoms with Crippen LogP contribution in [0, 0.1) is 11.8 Å². The molecule has 0 saturated carbocycles. The summed E-state index contributed by atoms with van der Waals surface area (Å²) in [5, 5.41) is 10.6. The lowest BCUT2D eigenvalue weighted by Gasteiger charge is -2.21. The van der Waals surface area contributed by atoms with E-state index in [9.17, 15) is 43.2 Å². The van der Waals surface area contributed by atoms with E-state index in [0.29, 0.717) is 25.7 Å². The minimum absolute atomic E-state index is 0.105. The highest BCUT2D eigenvalue weighted by Crippen LogP contribution is 2.45. The number of esters is 4. The summed E-state index contributed by atoms with van der Waals surface area (Å²) in [5.74, 6) is -0.597. The van der Waals surface area contributed by atoms with Crippen molar-refractivity contribution in [2.75, 3.05) is 39.6 Å². The number of unbranched alkanes of at least 4 members (excludes halogenated alkanes) is 43. The minimum atomic E-state index is -4.95. The maximum Gasteiger partial charge on any atom is 0.472 e. The molecule has 0 saturated heterocycles. The van der Waals surface area contributed by atoms with Gasteiger partial charge in [-0.2, -0.15) is 0 Å². The van der Waals surface area contributed by atoms with Crippen molar-refractivity contribution >= 4 is 39.5 Å². The quantitative estimate of drug-likeness (QED) is 0.0222. The molecule has 19 heteroatoms. The van der Waals surface area contributed by atoms with Gasteiger partial charge >= 0.3 is 39.5 Å². The van der Waals surface area contributed by atoms with Gasteiger partial charge in [-0.15, -0.1) is 0 Å². The van der Waals surface area contributed by atoms with E-state index in [2.05, 4.69) is 41.5 Å². The van der Waals surface area contributed by atoms with Crippen LogP contribution >= 0.6 is 15.6 Å². The molecule has 17 nitrogen and oxygen atoms in total. The summed E-state index contributed by atoms with van der Waals surface area (Å²) in [6.45, 7) is 9.57. The van der Waals surface area contributed by atoms with E-state index >= 15 is 0 Å². The molecule has 93 heavy (non-hydrogen) atoms. The fraction of sp³-hybridized carbons (Fsp3) is 0.946. The third-order valence-corrected chi connectivity index (χ3v) is 19.1. The normalized spacial score (nSPS) is 14.1. The van der Waals surface area contributed by atoms with E-state index in [0.717, 1.165) is 102 Å². The minimum Gasteiger partial charge on any atom is -0.462 e. The van der Waals surface area contributed by atoms with Gasteiger partial charge in [0.2, 0.25) is 0 Å². The highest BCUT2D eigenvalue weighted by Gasteiger charge is 2.30. The Balaban J connectivity index is 5.23. The van der Waals surface area contributed by atoms with Crippen LogP contribution < -0.4 is 0 Å². The molecule has 0 fully saturated rings. The average molecular weight is 1370 g/mol. The Labute approximate surface area is 568 Å². The smallest absolute Gasteiger partial charge is 0.462 e. The van der Waals surface area contributed by atoms with Crippen molar-refractivity contribution in [3.8, 4) is 0 Å². The van der Waals surface area contributed by atoms with E-state index < -0.39 is 97.5 Å². The second-order valence-electron chi connectivity index (χ2n) is 27.6. The lowest BCUT2D eigenvalue weighted by Crippen LogP contribution is -2.30. The molecule has 0 aliphatic rings. The molecule has 0 aliphatic heterocycles. The molecule has 0 rings (SSSR count). The SMILES string of the molecule is CCCCCCCCCCCCCCCC(=O)OC[C@H](COP(=O)(O)OC[C@@H](O)COP(=O)(O)OC[C@@H](COC(=O)CCCCCCCCCCCCC)OC(=O)CCCCCCCCCCC(C)C)OC(=O)CCCCCCCCCCCCCCCCCC(C)C. The Hall–Kier alpha value is -1.94. The van der Waals surface area contributed by atoms with Crippen LogP contribution in [0.5, 0.6) is 0 Å². The van der Waals surface area contributed by atoms with Gasteiger partial charge in [-0.05, 0) is 37.5 Å². The first kappa shape index (κ1) is 91.1. The van der Waals surface area contributed by atoms with Crippen LogP contribution in [-0.2, 0) is 65.4 Å². The number of rotatable bonds is 73. The molecule has 0 heterocycles. The first-order valence-electron chi connectivity index (χ1n) is 38.5. The summed E-state index contributed by atoms with van der Waals surface area (Å²) in [6, 6.07) is 0. The van der Waals surface area contributed by atoms with Gasteiger partial charge in [-0.1, -0.05) is 330 Å². The average Bonchev–Trinajstić information content (AvgIpc) is 3.23. The summed E-state index contributed by atoms with van der Waals surface area (Å²) in [6.07, 6.45) is 52.6. The molecule has 0 amide bonds. The third kappa shape index (κ3) is 68.4. The number of carbonyl (C=O) groups excluding carboxylic acids is 4. The Morgan fingerprint density at radius 2 is 0.495 bits per heavy atom. The van der Waals surface area contributed by atoms with Crippen LogP contribution in [0.15, 0.2) is 0 Å². The molecule has 552 valence electrons. The van der Waals surface area contributed by atoms with Crippen LogP contribution in [0.4, 0.5) is 0 Å². The van der Waals surface area contributed by atoms with Gasteiger partial charge < -0.3 is 33.8 Å². The first-order chi connectivity index (χ1) is 44.9. The summed E-state index contributed by atoms with van der Waals surface area (Å²) >= 11 is 0. The maximum absolute atomic E-state index is 13.1. The summed E-state index contributed by atoms with van der Waals surface area (Å²) in [5.41, 5.74) is 0. The summed E-state index contributed by atoms with van der Waals surface area (Å²) in [4.78, 5) is 72.7. The van der Waals surface area contributed by atoms with Crippen molar-refractivity contribution in [1.82, 2.24) is 0 Å². The largest absolute Gasteiger partial charge is 0.472 e. The van der Waals surface area contributed by atoms with Gasteiger partial charge in [0.25, 0.3) is 0 Å². The number of phosphoric acid groups is 2. The lowest BCUT2D eigenvalue weighted by atomic mass is 10.0. The van der Waals surface area contributed by atoms with E-state index in [1.54, 1.807) is 0 Å². The second kappa shape index (κ2) is 66.0. The monoisotopic (exact) mass is 1370 g/mol. The number of hydrogen-bond acceptors (Lipinski definition) is 15. The van der Waals surface area contributed by atoms with E-state index in [1.165, 1.54) is 199 Å². The van der Waals surface area contributed by atoms with Crippen LogP contribution in [0.2, 0.25) is 0 Å². The number of aliphatic hydroxyl groups is 1. The zero-order valence-electron chi connectivity index (χ0n) is 60.6. The number of phosphoric ester groups is 2. The summed E-state index contributed by atoms with van der Waals surface area (Å²) in [7, 11) is -9.91. The molecule has 0 aromatic heterocycles. The van der Waals surface area contributed by atoms with Gasteiger partial charge in [-0.25, -0.2) is 9.13 Å². The highest BCUT2D eigenvalue weighted by molar-refractivity contribution is 7.47. The Bertz CT molecular complexity index is 1800. The molecule has 0 bridgehead atoms. The molecule has 0 aliphatic carbocycles. The van der Waals surface area contributed by atoms with Gasteiger partial charge in [0.1, 0.15) is 19.3 Å². The second-order valence-corrected chi connectivity index (χ2v) is 30.5. The number of aliphatic hydroxyl groups excluding tert-OH is 1. The molecule has 0 aromatic carbocycles. The van der Waals surface area contributed by atoms with Crippen LogP contribution in [0.1, 0.15) is 382 Å². The third-order valence-electron chi connectivity index (χ3n) is 17.2. The molecule has 0 spiro atoms.